The molecule has 1 heterocycles. The highest BCUT2D eigenvalue weighted by molar-refractivity contribution is 5.96. The standard InChI is InChI=1S/C31H54N2O5/c1-5-7-8-9-10-11-12-13-14-15-16-17-18-20-25-21-19-22-27(37-4)28(25)29-26(23-34)24(3)32-30(35)33(29)31(36)38-6-2/h23,25,27-29H,5-22H2,1-4H3,(H,32,35). The molecule has 1 saturated carbocycles. The highest BCUT2D eigenvalue weighted by atomic mass is 16.6. The van der Waals surface area contributed by atoms with Gasteiger partial charge in [-0.1, -0.05) is 96.8 Å². The predicted molar refractivity (Wildman–Crippen MR) is 152 cm³/mol. The third-order valence-electron chi connectivity index (χ3n) is 8.52. The Kier molecular flexibility index (Phi) is 15.7. The van der Waals surface area contributed by atoms with Crippen molar-refractivity contribution in [1.29, 1.82) is 0 Å². The molecule has 1 aliphatic heterocycles. The molecule has 0 aromatic heterocycles. The topological polar surface area (TPSA) is 84.9 Å². The molecule has 3 amide bonds. The minimum absolute atomic E-state index is 0.119. The largest absolute Gasteiger partial charge is 0.449 e. The Morgan fingerprint density at radius 1 is 0.947 bits per heavy atom. The SMILES string of the molecule is CCCCCCCCCCCCCCCC1CCCC(OC)C1C1C(C=O)=C(C)NC(=O)N1C(=O)OCC. The first-order valence-corrected chi connectivity index (χ1v) is 15.5. The minimum atomic E-state index is -0.706. The third-order valence-corrected chi connectivity index (χ3v) is 8.52. The number of unbranched alkanes of at least 4 members (excludes halogenated alkanes) is 12. The Bertz CT molecular complexity index is 753. The van der Waals surface area contributed by atoms with Crippen LogP contribution in [0.2, 0.25) is 0 Å². The van der Waals surface area contributed by atoms with Gasteiger partial charge in [0.15, 0.2) is 0 Å². The number of imide groups is 1. The number of carbonyl (C=O) groups is 3. The number of nitrogens with zero attached hydrogens (tertiary/aromatic N) is 1. The first-order valence-electron chi connectivity index (χ1n) is 15.5. The van der Waals surface area contributed by atoms with Gasteiger partial charge in [0.1, 0.15) is 6.29 Å². The molecular formula is C31H54N2O5. The van der Waals surface area contributed by atoms with Gasteiger partial charge in [-0.15, -0.1) is 0 Å². The lowest BCUT2D eigenvalue weighted by molar-refractivity contribution is -0.106. The van der Waals surface area contributed by atoms with Gasteiger partial charge >= 0.3 is 12.1 Å². The van der Waals surface area contributed by atoms with E-state index in [4.69, 9.17) is 9.47 Å². The van der Waals surface area contributed by atoms with Crippen molar-refractivity contribution in [3.63, 3.8) is 0 Å². The summed E-state index contributed by atoms with van der Waals surface area (Å²) in [6.45, 7) is 5.87. The summed E-state index contributed by atoms with van der Waals surface area (Å²) in [6.07, 6.45) is 21.1. The summed E-state index contributed by atoms with van der Waals surface area (Å²) >= 11 is 0. The Morgan fingerprint density at radius 2 is 1.53 bits per heavy atom. The van der Waals surface area contributed by atoms with Crippen LogP contribution < -0.4 is 5.32 Å². The summed E-state index contributed by atoms with van der Waals surface area (Å²) in [7, 11) is 1.69. The number of urea groups is 1. The smallest absolute Gasteiger partial charge is 0.418 e. The van der Waals surface area contributed by atoms with Gasteiger partial charge in [-0.2, -0.15) is 0 Å². The molecule has 0 saturated heterocycles. The fraction of sp³-hybridized carbons (Fsp3) is 0.839. The summed E-state index contributed by atoms with van der Waals surface area (Å²) in [5.74, 6) is 0.147. The molecule has 2 rings (SSSR count). The first-order chi connectivity index (χ1) is 18.5. The molecule has 1 N–H and O–H groups in total. The van der Waals surface area contributed by atoms with Crippen molar-refractivity contribution in [2.75, 3.05) is 13.7 Å². The van der Waals surface area contributed by atoms with Crippen LogP contribution in [0.3, 0.4) is 0 Å². The van der Waals surface area contributed by atoms with Crippen molar-refractivity contribution in [2.24, 2.45) is 11.8 Å². The number of ether oxygens (including phenoxy) is 2. The van der Waals surface area contributed by atoms with Gasteiger partial charge in [0.2, 0.25) is 0 Å². The lowest BCUT2D eigenvalue weighted by Crippen LogP contribution is -2.60. The molecule has 0 aromatic rings. The normalized spacial score (nSPS) is 23.9. The second-order valence-corrected chi connectivity index (χ2v) is 11.2. The molecule has 0 bridgehead atoms. The number of aldehydes is 1. The monoisotopic (exact) mass is 534 g/mol. The molecule has 4 atom stereocenters. The Hall–Kier alpha value is -1.89. The van der Waals surface area contributed by atoms with E-state index in [1.807, 2.05) is 0 Å². The number of methoxy groups -OCH3 is 1. The number of nitrogens with one attached hydrogen (secondary N) is 1. The van der Waals surface area contributed by atoms with Gasteiger partial charge in [0.05, 0.1) is 18.8 Å². The summed E-state index contributed by atoms with van der Waals surface area (Å²) in [5, 5.41) is 2.68. The van der Waals surface area contributed by atoms with Crippen molar-refractivity contribution in [3.05, 3.63) is 11.3 Å². The molecule has 7 nitrogen and oxygen atoms in total. The summed E-state index contributed by atoms with van der Waals surface area (Å²) < 4.78 is 11.1. The maximum Gasteiger partial charge on any atom is 0.418 e. The number of carbonyl (C=O) groups excluding carboxylic acids is 3. The van der Waals surface area contributed by atoms with E-state index in [0.717, 1.165) is 43.3 Å². The van der Waals surface area contributed by atoms with Crippen LogP contribution in [-0.4, -0.2) is 49.2 Å². The zero-order valence-corrected chi connectivity index (χ0v) is 24.6. The highest BCUT2D eigenvalue weighted by Crippen LogP contribution is 2.42. The maximum atomic E-state index is 12.9. The Labute approximate surface area is 231 Å². The Balaban J connectivity index is 1.92. The lowest BCUT2D eigenvalue weighted by atomic mass is 9.69. The molecule has 0 spiro atoms. The fourth-order valence-electron chi connectivity index (χ4n) is 6.47. The van der Waals surface area contributed by atoms with Crippen molar-refractivity contribution >= 4 is 18.4 Å². The first kappa shape index (κ1) is 32.3. The second-order valence-electron chi connectivity index (χ2n) is 11.2. The van der Waals surface area contributed by atoms with Crippen molar-refractivity contribution in [2.45, 2.75) is 142 Å². The van der Waals surface area contributed by atoms with E-state index in [0.29, 0.717) is 11.3 Å². The summed E-state index contributed by atoms with van der Waals surface area (Å²) in [5.41, 5.74) is 0.956. The molecule has 0 aromatic carbocycles. The van der Waals surface area contributed by atoms with Crippen LogP contribution in [0.5, 0.6) is 0 Å². The molecule has 7 heteroatoms. The zero-order chi connectivity index (χ0) is 27.8. The van der Waals surface area contributed by atoms with Crippen molar-refractivity contribution in [3.8, 4) is 0 Å². The number of hydrogen-bond acceptors (Lipinski definition) is 5. The minimum Gasteiger partial charge on any atom is -0.449 e. The van der Waals surface area contributed by atoms with E-state index in [9.17, 15) is 14.4 Å². The molecular weight excluding hydrogens is 480 g/mol. The molecule has 38 heavy (non-hydrogen) atoms. The molecule has 218 valence electrons. The van der Waals surface area contributed by atoms with Gasteiger partial charge in [0.25, 0.3) is 0 Å². The average Bonchev–Trinajstić information content (AvgIpc) is 2.90. The van der Waals surface area contributed by atoms with E-state index in [2.05, 4.69) is 12.2 Å². The number of hydrogen-bond donors (Lipinski definition) is 1. The quantitative estimate of drug-likeness (QED) is 0.143. The van der Waals surface area contributed by atoms with Gasteiger partial charge in [-0.3, -0.25) is 4.79 Å². The maximum absolute atomic E-state index is 12.9. The number of amides is 3. The van der Waals surface area contributed by atoms with Gasteiger partial charge in [-0.25, -0.2) is 14.5 Å². The highest BCUT2D eigenvalue weighted by Gasteiger charge is 2.49. The van der Waals surface area contributed by atoms with E-state index in [-0.39, 0.29) is 24.5 Å². The van der Waals surface area contributed by atoms with Gasteiger partial charge < -0.3 is 14.8 Å². The van der Waals surface area contributed by atoms with Crippen LogP contribution in [-0.2, 0) is 14.3 Å². The second kappa shape index (κ2) is 18.4. The van der Waals surface area contributed by atoms with Crippen LogP contribution in [0.1, 0.15) is 130 Å². The molecule has 0 radical (unpaired) electrons. The van der Waals surface area contributed by atoms with Crippen LogP contribution in [0.4, 0.5) is 9.59 Å². The molecule has 2 aliphatic rings. The molecule has 4 unspecified atom stereocenters. The molecule has 1 fully saturated rings. The van der Waals surface area contributed by atoms with Gasteiger partial charge in [-0.05, 0) is 39.0 Å². The van der Waals surface area contributed by atoms with Crippen LogP contribution in [0.25, 0.3) is 0 Å². The summed E-state index contributed by atoms with van der Waals surface area (Å²) in [4.78, 5) is 39.2. The molecule has 1 aliphatic carbocycles. The Morgan fingerprint density at radius 3 is 2.05 bits per heavy atom. The van der Waals surface area contributed by atoms with E-state index < -0.39 is 18.2 Å². The fourth-order valence-corrected chi connectivity index (χ4v) is 6.47. The van der Waals surface area contributed by atoms with Crippen molar-refractivity contribution < 1.29 is 23.9 Å². The third kappa shape index (κ3) is 9.69. The van der Waals surface area contributed by atoms with Crippen LogP contribution in [0, 0.1) is 11.8 Å². The van der Waals surface area contributed by atoms with E-state index >= 15 is 0 Å². The van der Waals surface area contributed by atoms with E-state index in [1.165, 1.54) is 77.0 Å². The number of allylic oxidation sites excluding steroid dienone is 1. The van der Waals surface area contributed by atoms with Crippen LogP contribution in [0.15, 0.2) is 11.3 Å². The van der Waals surface area contributed by atoms with E-state index in [1.54, 1.807) is 21.0 Å². The van der Waals surface area contributed by atoms with Crippen molar-refractivity contribution in [1.82, 2.24) is 10.2 Å². The van der Waals surface area contributed by atoms with Gasteiger partial charge in [0, 0.05) is 24.3 Å². The lowest BCUT2D eigenvalue weighted by Gasteiger charge is -2.46. The number of rotatable bonds is 18. The van der Waals surface area contributed by atoms with Crippen LogP contribution >= 0.6 is 0 Å². The summed E-state index contributed by atoms with van der Waals surface area (Å²) in [6, 6.07) is -1.20. The predicted octanol–water partition coefficient (Wildman–Crippen LogP) is 7.92. The average molecular weight is 535 g/mol. The zero-order valence-electron chi connectivity index (χ0n) is 24.6.